The Balaban J connectivity index is 4.11. The van der Waals surface area contributed by atoms with E-state index in [-0.39, 0.29) is 25.5 Å². The van der Waals surface area contributed by atoms with Gasteiger partial charge in [-0.1, -0.05) is 174 Å². The fourth-order valence-corrected chi connectivity index (χ4v) is 5.65. The summed E-state index contributed by atoms with van der Waals surface area (Å²) in [6, 6.07) is -0.390. The van der Waals surface area contributed by atoms with Gasteiger partial charge in [-0.25, -0.2) is 0 Å². The molecular formula is C38H73NO5. The minimum atomic E-state index is -1.01. The van der Waals surface area contributed by atoms with E-state index in [9.17, 15) is 14.7 Å². The van der Waals surface area contributed by atoms with Crippen molar-refractivity contribution >= 4 is 11.9 Å². The van der Waals surface area contributed by atoms with Crippen molar-refractivity contribution in [1.29, 1.82) is 0 Å². The van der Waals surface area contributed by atoms with Crippen molar-refractivity contribution < 1.29 is 24.5 Å². The van der Waals surface area contributed by atoms with Gasteiger partial charge < -0.3 is 20.3 Å². The number of ether oxygens (including phenoxy) is 1. The average molecular weight is 624 g/mol. The number of rotatable bonds is 35. The zero-order valence-electron chi connectivity index (χ0n) is 29.1. The Labute approximate surface area is 272 Å². The molecule has 0 saturated heterocycles. The number of aliphatic hydroxyl groups excluding tert-OH is 1. The molecule has 0 aromatic carbocycles. The number of nitrogens with one attached hydrogen (secondary N) is 1. The number of carbonyl (C=O) groups excluding carboxylic acids is 1. The van der Waals surface area contributed by atoms with Crippen molar-refractivity contribution in [3.63, 3.8) is 0 Å². The molecular weight excluding hydrogens is 550 g/mol. The van der Waals surface area contributed by atoms with Gasteiger partial charge in [0.1, 0.15) is 6.61 Å². The Morgan fingerprint density at radius 2 is 1.02 bits per heavy atom. The van der Waals surface area contributed by atoms with Crippen LogP contribution in [0.4, 0.5) is 0 Å². The van der Waals surface area contributed by atoms with Gasteiger partial charge >= 0.3 is 11.9 Å². The minimum Gasteiger partial charge on any atom is -0.481 e. The molecule has 0 amide bonds. The molecule has 6 heteroatoms. The highest BCUT2D eigenvalue weighted by Gasteiger charge is 2.19. The fourth-order valence-electron chi connectivity index (χ4n) is 5.65. The molecule has 0 radical (unpaired) electrons. The summed E-state index contributed by atoms with van der Waals surface area (Å²) in [4.78, 5) is 22.7. The van der Waals surface area contributed by atoms with E-state index in [2.05, 4.69) is 19.2 Å². The number of aliphatic carboxylic acids is 1. The molecule has 0 aliphatic heterocycles. The lowest BCUT2D eigenvalue weighted by Crippen LogP contribution is -2.43. The second-order valence-corrected chi connectivity index (χ2v) is 13.0. The van der Waals surface area contributed by atoms with Gasteiger partial charge in [-0.15, -0.1) is 0 Å². The number of esters is 1. The predicted molar refractivity (Wildman–Crippen MR) is 186 cm³/mol. The zero-order chi connectivity index (χ0) is 32.4. The number of hydrogen-bond donors (Lipinski definition) is 3. The summed E-state index contributed by atoms with van der Waals surface area (Å²) in [5, 5.41) is 23.0. The number of carboxylic acids is 1. The standard InChI is InChI=1S/C38H73NO5/c1-3-5-7-9-11-13-15-17-19-21-23-25-27-29-33-39-35(34-44-38(43)32-31-37(41)42)36(40)30-28-26-24-22-20-18-16-14-12-10-8-6-4-2/h28,30,35-36,39-40H,3-27,29,31-34H2,1-2H3,(H,41,42)/b30-28+/t35-,36-/m0/s1. The molecule has 0 aliphatic rings. The average Bonchev–Trinajstić information content (AvgIpc) is 3.01. The number of unbranched alkanes of at least 4 members (excludes halogenated alkanes) is 24. The summed E-state index contributed by atoms with van der Waals surface area (Å²) in [7, 11) is 0. The Hall–Kier alpha value is -1.40. The highest BCUT2D eigenvalue weighted by molar-refractivity contribution is 5.76. The summed E-state index contributed by atoms with van der Waals surface area (Å²) in [5.41, 5.74) is 0. The molecule has 0 fully saturated rings. The van der Waals surface area contributed by atoms with Gasteiger partial charge in [0.25, 0.3) is 0 Å². The molecule has 0 spiro atoms. The zero-order valence-corrected chi connectivity index (χ0v) is 29.1. The third kappa shape index (κ3) is 32.0. The van der Waals surface area contributed by atoms with Crippen molar-refractivity contribution in [3.8, 4) is 0 Å². The van der Waals surface area contributed by atoms with Crippen LogP contribution in [0.15, 0.2) is 12.2 Å². The van der Waals surface area contributed by atoms with Gasteiger partial charge in [-0.05, 0) is 25.8 Å². The maximum atomic E-state index is 12.0. The summed E-state index contributed by atoms with van der Waals surface area (Å²) >= 11 is 0. The van der Waals surface area contributed by atoms with Crippen LogP contribution in [0.3, 0.4) is 0 Å². The molecule has 0 aliphatic carbocycles. The van der Waals surface area contributed by atoms with Crippen LogP contribution >= 0.6 is 0 Å². The number of carbonyl (C=O) groups is 2. The Kier molecular flexibility index (Phi) is 33.4. The molecule has 0 aromatic rings. The van der Waals surface area contributed by atoms with E-state index < -0.39 is 18.0 Å². The molecule has 0 aromatic heterocycles. The Morgan fingerprint density at radius 3 is 1.45 bits per heavy atom. The van der Waals surface area contributed by atoms with Crippen LogP contribution < -0.4 is 5.32 Å². The van der Waals surface area contributed by atoms with Crippen LogP contribution in [0.1, 0.15) is 194 Å². The van der Waals surface area contributed by atoms with Crippen molar-refractivity contribution in [2.45, 2.75) is 206 Å². The van der Waals surface area contributed by atoms with E-state index in [1.807, 2.05) is 12.2 Å². The first-order valence-corrected chi connectivity index (χ1v) is 19.0. The van der Waals surface area contributed by atoms with E-state index in [0.717, 1.165) is 32.2 Å². The Morgan fingerprint density at radius 1 is 0.614 bits per heavy atom. The molecule has 0 rings (SSSR count). The van der Waals surface area contributed by atoms with Gasteiger partial charge in [-0.3, -0.25) is 9.59 Å². The molecule has 0 unspecified atom stereocenters. The summed E-state index contributed by atoms with van der Waals surface area (Å²) in [5.74, 6) is -1.55. The second kappa shape index (κ2) is 34.5. The molecule has 2 atom stereocenters. The third-order valence-electron chi connectivity index (χ3n) is 8.62. The molecule has 3 N–H and O–H groups in total. The molecule has 260 valence electrons. The fraction of sp³-hybridized carbons (Fsp3) is 0.895. The van der Waals surface area contributed by atoms with Gasteiger partial charge in [0.05, 0.1) is 25.0 Å². The van der Waals surface area contributed by atoms with Gasteiger partial charge in [0.15, 0.2) is 0 Å². The first-order valence-electron chi connectivity index (χ1n) is 19.0. The van der Waals surface area contributed by atoms with Crippen LogP contribution in [0.2, 0.25) is 0 Å². The SMILES string of the molecule is CCCCCCCCCCCCC/C=C/[C@H](O)[C@H](COC(=O)CCC(=O)O)NCCCCCCCCCCCCCCCC. The quantitative estimate of drug-likeness (QED) is 0.0369. The lowest BCUT2D eigenvalue weighted by atomic mass is 10.0. The molecule has 0 saturated carbocycles. The highest BCUT2D eigenvalue weighted by atomic mass is 16.5. The number of carboxylic acid groups (broad SMARTS) is 1. The number of allylic oxidation sites excluding steroid dienone is 1. The van der Waals surface area contributed by atoms with Crippen molar-refractivity contribution in [1.82, 2.24) is 5.32 Å². The van der Waals surface area contributed by atoms with Crippen molar-refractivity contribution in [2.75, 3.05) is 13.2 Å². The largest absolute Gasteiger partial charge is 0.481 e. The normalized spacial score (nSPS) is 13.0. The van der Waals surface area contributed by atoms with Crippen LogP contribution in [-0.4, -0.2) is 47.4 Å². The second-order valence-electron chi connectivity index (χ2n) is 13.0. The number of hydrogen-bond acceptors (Lipinski definition) is 5. The lowest BCUT2D eigenvalue weighted by molar-refractivity contribution is -0.148. The highest BCUT2D eigenvalue weighted by Crippen LogP contribution is 2.14. The first-order chi connectivity index (χ1) is 21.5. The third-order valence-corrected chi connectivity index (χ3v) is 8.62. The van der Waals surface area contributed by atoms with Crippen molar-refractivity contribution in [2.24, 2.45) is 0 Å². The van der Waals surface area contributed by atoms with Gasteiger partial charge in [0, 0.05) is 0 Å². The van der Waals surface area contributed by atoms with E-state index in [1.165, 1.54) is 141 Å². The molecule has 6 nitrogen and oxygen atoms in total. The van der Waals surface area contributed by atoms with Gasteiger partial charge in [-0.2, -0.15) is 0 Å². The first kappa shape index (κ1) is 42.6. The minimum absolute atomic E-state index is 0.0427. The summed E-state index contributed by atoms with van der Waals surface area (Å²) in [6.07, 6.45) is 36.6. The van der Waals surface area contributed by atoms with E-state index >= 15 is 0 Å². The van der Waals surface area contributed by atoms with E-state index in [0.29, 0.717) is 0 Å². The lowest BCUT2D eigenvalue weighted by Gasteiger charge is -2.22. The van der Waals surface area contributed by atoms with Crippen molar-refractivity contribution in [3.05, 3.63) is 12.2 Å². The summed E-state index contributed by atoms with van der Waals surface area (Å²) < 4.78 is 5.31. The van der Waals surface area contributed by atoms with Gasteiger partial charge in [0.2, 0.25) is 0 Å². The smallest absolute Gasteiger partial charge is 0.306 e. The number of aliphatic hydroxyl groups is 1. The monoisotopic (exact) mass is 624 g/mol. The van der Waals surface area contributed by atoms with Crippen LogP contribution in [0.25, 0.3) is 0 Å². The van der Waals surface area contributed by atoms with Crippen LogP contribution in [0, 0.1) is 0 Å². The maximum absolute atomic E-state index is 12.0. The van der Waals surface area contributed by atoms with Crippen LogP contribution in [0.5, 0.6) is 0 Å². The van der Waals surface area contributed by atoms with Crippen LogP contribution in [-0.2, 0) is 14.3 Å². The van der Waals surface area contributed by atoms with E-state index in [4.69, 9.17) is 9.84 Å². The molecule has 0 heterocycles. The Bertz CT molecular complexity index is 653. The molecule has 44 heavy (non-hydrogen) atoms. The topological polar surface area (TPSA) is 95.9 Å². The predicted octanol–water partition coefficient (Wildman–Crippen LogP) is 10.5. The maximum Gasteiger partial charge on any atom is 0.306 e. The summed E-state index contributed by atoms with van der Waals surface area (Å²) in [6.45, 7) is 5.34. The van der Waals surface area contributed by atoms with E-state index in [1.54, 1.807) is 0 Å². The molecule has 0 bridgehead atoms.